The highest BCUT2D eigenvalue weighted by molar-refractivity contribution is 9.10. The number of benzene rings is 4. The third-order valence-corrected chi connectivity index (χ3v) is 7.99. The molecule has 6 rings (SSSR count). The molecule has 1 saturated carbocycles. The summed E-state index contributed by atoms with van der Waals surface area (Å²) in [4.78, 5) is 5.09. The molecule has 1 heterocycles. The van der Waals surface area contributed by atoms with Crippen molar-refractivity contribution in [2.45, 2.75) is 37.6 Å². The molecule has 1 fully saturated rings. The zero-order valence-corrected chi connectivity index (χ0v) is 22.8. The molecule has 2 nitrogen and oxygen atoms in total. The first-order chi connectivity index (χ1) is 17.5. The zero-order chi connectivity index (χ0) is 24.6. The largest absolute Gasteiger partial charge is 0.327 e. The van der Waals surface area contributed by atoms with Crippen molar-refractivity contribution >= 4 is 50.2 Å². The van der Waals surface area contributed by atoms with Gasteiger partial charge in [-0.1, -0.05) is 81.6 Å². The van der Waals surface area contributed by atoms with E-state index in [4.69, 9.17) is 28.2 Å². The maximum atomic E-state index is 6.23. The average Bonchev–Trinajstić information content (AvgIpc) is 3.66. The molecule has 0 bridgehead atoms. The Morgan fingerprint density at radius 1 is 0.806 bits per heavy atom. The SMILES string of the molecule is Clc1ccc(C(c2ccc(Cl)cc2)c2ccc3nc(C4CC4)n(CCc4cccc(Br)c4)c3c2)cc1. The van der Waals surface area contributed by atoms with E-state index >= 15 is 0 Å². The van der Waals surface area contributed by atoms with Gasteiger partial charge in [0.1, 0.15) is 5.82 Å². The normalized spacial score (nSPS) is 13.6. The van der Waals surface area contributed by atoms with Gasteiger partial charge in [-0.3, -0.25) is 0 Å². The highest BCUT2D eigenvalue weighted by Crippen LogP contribution is 2.42. The van der Waals surface area contributed by atoms with Gasteiger partial charge in [-0.2, -0.15) is 0 Å². The van der Waals surface area contributed by atoms with Gasteiger partial charge >= 0.3 is 0 Å². The first kappa shape index (κ1) is 23.8. The molecular formula is C31H25BrCl2N2. The minimum atomic E-state index is 0.0711. The second kappa shape index (κ2) is 10.0. The summed E-state index contributed by atoms with van der Waals surface area (Å²) in [5.74, 6) is 1.88. The van der Waals surface area contributed by atoms with Gasteiger partial charge in [-0.15, -0.1) is 0 Å². The number of rotatable bonds is 7. The van der Waals surface area contributed by atoms with E-state index in [-0.39, 0.29) is 5.92 Å². The van der Waals surface area contributed by atoms with Gasteiger partial charge in [0.15, 0.2) is 0 Å². The number of fused-ring (bicyclic) bond motifs is 1. The van der Waals surface area contributed by atoms with Gasteiger partial charge < -0.3 is 4.57 Å². The molecule has 1 aliphatic carbocycles. The van der Waals surface area contributed by atoms with E-state index in [9.17, 15) is 0 Å². The van der Waals surface area contributed by atoms with Crippen LogP contribution in [0.25, 0.3) is 11.0 Å². The van der Waals surface area contributed by atoms with Crippen molar-refractivity contribution in [3.05, 3.63) is 134 Å². The van der Waals surface area contributed by atoms with E-state index in [1.165, 1.54) is 46.4 Å². The van der Waals surface area contributed by atoms with Crippen LogP contribution in [0.2, 0.25) is 10.0 Å². The lowest BCUT2D eigenvalue weighted by atomic mass is 9.85. The Labute approximate surface area is 230 Å². The topological polar surface area (TPSA) is 17.8 Å². The average molecular weight is 576 g/mol. The van der Waals surface area contributed by atoms with Crippen LogP contribution in [-0.4, -0.2) is 9.55 Å². The summed E-state index contributed by atoms with van der Waals surface area (Å²) in [5.41, 5.74) is 7.23. The van der Waals surface area contributed by atoms with Gasteiger partial charge in [0.05, 0.1) is 11.0 Å². The second-order valence-electron chi connectivity index (χ2n) is 9.56. The number of aryl methyl sites for hydroxylation is 2. The molecular weight excluding hydrogens is 551 g/mol. The second-order valence-corrected chi connectivity index (χ2v) is 11.3. The number of hydrogen-bond acceptors (Lipinski definition) is 1. The van der Waals surface area contributed by atoms with Gasteiger partial charge in [-0.05, 0) is 90.0 Å². The first-order valence-corrected chi connectivity index (χ1v) is 13.9. The predicted molar refractivity (Wildman–Crippen MR) is 153 cm³/mol. The summed E-state index contributed by atoms with van der Waals surface area (Å²) in [6, 6.07) is 31.7. The van der Waals surface area contributed by atoms with E-state index in [0.717, 1.165) is 33.0 Å². The summed E-state index contributed by atoms with van der Waals surface area (Å²) < 4.78 is 3.58. The Balaban J connectivity index is 1.44. The summed E-state index contributed by atoms with van der Waals surface area (Å²) >= 11 is 16.1. The van der Waals surface area contributed by atoms with E-state index in [0.29, 0.717) is 5.92 Å². The van der Waals surface area contributed by atoms with Gasteiger partial charge in [-0.25, -0.2) is 4.98 Å². The highest BCUT2D eigenvalue weighted by Gasteiger charge is 2.30. The molecule has 4 aromatic carbocycles. The third-order valence-electron chi connectivity index (χ3n) is 7.00. The van der Waals surface area contributed by atoms with Crippen molar-refractivity contribution in [2.24, 2.45) is 0 Å². The molecule has 0 radical (unpaired) electrons. The molecule has 0 atom stereocenters. The van der Waals surface area contributed by atoms with Crippen LogP contribution in [0.15, 0.2) is 95.5 Å². The summed E-state index contributed by atoms with van der Waals surface area (Å²) in [6.07, 6.45) is 3.42. The van der Waals surface area contributed by atoms with Crippen molar-refractivity contribution in [3.63, 3.8) is 0 Å². The van der Waals surface area contributed by atoms with Crippen molar-refractivity contribution in [1.82, 2.24) is 9.55 Å². The van der Waals surface area contributed by atoms with Crippen LogP contribution in [0.5, 0.6) is 0 Å². The van der Waals surface area contributed by atoms with Crippen LogP contribution in [0, 0.1) is 0 Å². The predicted octanol–water partition coefficient (Wildman–Crippen LogP) is 9.41. The van der Waals surface area contributed by atoms with Gasteiger partial charge in [0.25, 0.3) is 0 Å². The Bertz CT molecular complexity index is 1470. The maximum absolute atomic E-state index is 6.23. The molecule has 5 aromatic rings. The summed E-state index contributed by atoms with van der Waals surface area (Å²) in [5, 5.41) is 1.48. The zero-order valence-electron chi connectivity index (χ0n) is 19.7. The van der Waals surface area contributed by atoms with Crippen LogP contribution in [0.4, 0.5) is 0 Å². The van der Waals surface area contributed by atoms with E-state index < -0.39 is 0 Å². The third kappa shape index (κ3) is 4.98. The quantitative estimate of drug-likeness (QED) is 0.177. The molecule has 36 heavy (non-hydrogen) atoms. The lowest BCUT2D eigenvalue weighted by Crippen LogP contribution is -2.07. The van der Waals surface area contributed by atoms with E-state index in [2.05, 4.69) is 87.2 Å². The van der Waals surface area contributed by atoms with Gasteiger partial charge in [0, 0.05) is 32.9 Å². The van der Waals surface area contributed by atoms with Crippen molar-refractivity contribution in [3.8, 4) is 0 Å². The van der Waals surface area contributed by atoms with E-state index in [1.54, 1.807) is 0 Å². The molecule has 1 aliphatic rings. The Kier molecular flexibility index (Phi) is 6.64. The minimum Gasteiger partial charge on any atom is -0.327 e. The van der Waals surface area contributed by atoms with Crippen LogP contribution in [0.3, 0.4) is 0 Å². The summed E-state index contributed by atoms with van der Waals surface area (Å²) in [6.45, 7) is 0.912. The minimum absolute atomic E-state index is 0.0711. The van der Waals surface area contributed by atoms with Crippen molar-refractivity contribution < 1.29 is 0 Å². The molecule has 0 unspecified atom stereocenters. The molecule has 0 spiro atoms. The Hall–Kier alpha value is -2.59. The standard InChI is InChI=1S/C31H25BrCl2N2/c32-25-3-1-2-20(18-25)16-17-36-29-19-24(10-15-28(29)35-31(36)23-4-5-23)30(21-6-11-26(33)12-7-21)22-8-13-27(34)14-9-22/h1-3,6-15,18-19,23,30H,4-5,16-17H2. The fraction of sp³-hybridized carbons (Fsp3) is 0.194. The molecule has 0 saturated heterocycles. The number of hydrogen-bond donors (Lipinski definition) is 0. The van der Waals surface area contributed by atoms with Crippen LogP contribution in [-0.2, 0) is 13.0 Å². The molecule has 180 valence electrons. The van der Waals surface area contributed by atoms with Crippen LogP contribution < -0.4 is 0 Å². The number of halogens is 3. The van der Waals surface area contributed by atoms with Crippen LogP contribution >= 0.6 is 39.1 Å². The van der Waals surface area contributed by atoms with Crippen molar-refractivity contribution in [1.29, 1.82) is 0 Å². The Morgan fingerprint density at radius 2 is 1.44 bits per heavy atom. The monoisotopic (exact) mass is 574 g/mol. The number of aromatic nitrogens is 2. The molecule has 0 N–H and O–H groups in total. The van der Waals surface area contributed by atoms with Crippen molar-refractivity contribution in [2.75, 3.05) is 0 Å². The lowest BCUT2D eigenvalue weighted by Gasteiger charge is -2.20. The molecule has 0 aliphatic heterocycles. The highest BCUT2D eigenvalue weighted by atomic mass is 79.9. The van der Waals surface area contributed by atoms with E-state index in [1.807, 2.05) is 24.3 Å². The molecule has 0 amide bonds. The first-order valence-electron chi connectivity index (χ1n) is 12.3. The number of nitrogens with zero attached hydrogens (tertiary/aromatic N) is 2. The van der Waals surface area contributed by atoms with Gasteiger partial charge in [0.2, 0.25) is 0 Å². The Morgan fingerprint density at radius 3 is 2.06 bits per heavy atom. The smallest absolute Gasteiger partial charge is 0.113 e. The van der Waals surface area contributed by atoms with Crippen LogP contribution in [0.1, 0.15) is 52.8 Å². The number of imidazole rings is 1. The molecule has 5 heteroatoms. The lowest BCUT2D eigenvalue weighted by molar-refractivity contribution is 0.670. The fourth-order valence-electron chi connectivity index (χ4n) is 5.05. The fourth-order valence-corrected chi connectivity index (χ4v) is 5.75. The summed E-state index contributed by atoms with van der Waals surface area (Å²) in [7, 11) is 0. The molecule has 1 aromatic heterocycles. The maximum Gasteiger partial charge on any atom is 0.113 e.